The predicted octanol–water partition coefficient (Wildman–Crippen LogP) is 9.79. The van der Waals surface area contributed by atoms with E-state index in [2.05, 4.69) is 101 Å². The Hall–Kier alpha value is -5.87. The number of anilines is 3. The molecule has 0 aliphatic heterocycles. The number of aliphatic imine (C=N–C) groups is 1. The first kappa shape index (κ1) is 27.0. The van der Waals surface area contributed by atoms with Gasteiger partial charge in [0.25, 0.3) is 0 Å². The van der Waals surface area contributed by atoms with E-state index >= 15 is 0 Å². The van der Waals surface area contributed by atoms with Gasteiger partial charge in [0.05, 0.1) is 23.3 Å². The Kier molecular flexibility index (Phi) is 7.23. The summed E-state index contributed by atoms with van der Waals surface area (Å²) in [6.07, 6.45) is 1.95. The number of aromatic nitrogens is 1. The van der Waals surface area contributed by atoms with Crippen molar-refractivity contribution in [2.75, 3.05) is 11.1 Å². The van der Waals surface area contributed by atoms with E-state index in [1.807, 2.05) is 66.7 Å². The van der Waals surface area contributed by atoms with Crippen LogP contribution in [0.5, 0.6) is 0 Å². The molecule has 6 aromatic carbocycles. The summed E-state index contributed by atoms with van der Waals surface area (Å²) in [6.45, 7) is 4.75. The van der Waals surface area contributed by atoms with Gasteiger partial charge in [0.15, 0.2) is 0 Å². The van der Waals surface area contributed by atoms with Crippen LogP contribution in [-0.2, 0) is 6.54 Å². The minimum atomic E-state index is 0.513. The van der Waals surface area contributed by atoms with Crippen molar-refractivity contribution >= 4 is 50.7 Å². The molecule has 0 saturated carbocycles. The number of nitrogens with one attached hydrogen (secondary N) is 1. The molecule has 0 bridgehead atoms. The molecule has 0 fully saturated rings. The standard InChI is InChI=1S/C40H32N4/c1-2-32-37(43-30-17-7-4-8-18-30)25-24-34-33-20-10-12-23-38(33)44(40(32)34)31-19-13-14-28(26-31)27-42-39(29-15-5-3-6-16-29)35-21-9-11-22-36(35)41/h2-26,43H,1,27,41H2. The maximum absolute atomic E-state index is 6.41. The van der Waals surface area contributed by atoms with E-state index in [4.69, 9.17) is 10.7 Å². The summed E-state index contributed by atoms with van der Waals surface area (Å²) in [7, 11) is 0. The molecule has 7 aromatic rings. The fourth-order valence-electron chi connectivity index (χ4n) is 5.95. The smallest absolute Gasteiger partial charge is 0.0743 e. The lowest BCUT2D eigenvalue weighted by Gasteiger charge is -2.15. The Morgan fingerprint density at radius 1 is 0.727 bits per heavy atom. The molecule has 0 atom stereocenters. The highest BCUT2D eigenvalue weighted by molar-refractivity contribution is 6.16. The van der Waals surface area contributed by atoms with Crippen LogP contribution in [0.15, 0.2) is 157 Å². The highest BCUT2D eigenvalue weighted by Crippen LogP contribution is 2.38. The van der Waals surface area contributed by atoms with E-state index in [0.29, 0.717) is 12.2 Å². The van der Waals surface area contributed by atoms with Gasteiger partial charge in [-0.05, 0) is 48.0 Å². The van der Waals surface area contributed by atoms with Crippen LogP contribution in [0.25, 0.3) is 33.6 Å². The lowest BCUT2D eigenvalue weighted by Crippen LogP contribution is -2.07. The monoisotopic (exact) mass is 568 g/mol. The van der Waals surface area contributed by atoms with Gasteiger partial charge >= 0.3 is 0 Å². The average molecular weight is 569 g/mol. The molecule has 0 amide bonds. The number of nitrogen functional groups attached to an aromatic ring is 1. The van der Waals surface area contributed by atoms with Crippen LogP contribution in [0.3, 0.4) is 0 Å². The van der Waals surface area contributed by atoms with Crippen LogP contribution < -0.4 is 11.1 Å². The molecule has 0 aliphatic rings. The molecule has 4 nitrogen and oxygen atoms in total. The maximum atomic E-state index is 6.41. The zero-order valence-corrected chi connectivity index (χ0v) is 24.3. The number of nitrogens with zero attached hydrogens (tertiary/aromatic N) is 2. The van der Waals surface area contributed by atoms with Gasteiger partial charge in [-0.3, -0.25) is 4.99 Å². The van der Waals surface area contributed by atoms with E-state index in [1.165, 1.54) is 10.8 Å². The number of fused-ring (bicyclic) bond motifs is 3. The van der Waals surface area contributed by atoms with E-state index < -0.39 is 0 Å². The lowest BCUT2D eigenvalue weighted by molar-refractivity contribution is 1.05. The average Bonchev–Trinajstić information content (AvgIpc) is 3.41. The molecule has 212 valence electrons. The Labute approximate surface area is 257 Å². The number of rotatable bonds is 8. The SMILES string of the molecule is C=Cc1c(Nc2ccccc2)ccc2c3ccccc3n(-c3cccc(CN=C(c4ccccc4)c4ccccc4N)c3)c12. The highest BCUT2D eigenvalue weighted by Gasteiger charge is 2.17. The van der Waals surface area contributed by atoms with Gasteiger partial charge in [-0.2, -0.15) is 0 Å². The van der Waals surface area contributed by atoms with Crippen molar-refractivity contribution in [2.24, 2.45) is 4.99 Å². The maximum Gasteiger partial charge on any atom is 0.0743 e. The van der Waals surface area contributed by atoms with Crippen LogP contribution in [0.4, 0.5) is 17.1 Å². The number of para-hydroxylation sites is 3. The van der Waals surface area contributed by atoms with Gasteiger partial charge in [-0.15, -0.1) is 0 Å². The molecular formula is C40H32N4. The lowest BCUT2D eigenvalue weighted by atomic mass is 10.0. The molecule has 0 radical (unpaired) electrons. The zero-order chi connectivity index (χ0) is 29.9. The molecule has 0 spiro atoms. The predicted molar refractivity (Wildman–Crippen MR) is 187 cm³/mol. The largest absolute Gasteiger partial charge is 0.398 e. The quantitative estimate of drug-likeness (QED) is 0.142. The number of hydrogen-bond donors (Lipinski definition) is 2. The summed E-state index contributed by atoms with van der Waals surface area (Å²) < 4.78 is 2.35. The van der Waals surface area contributed by atoms with Gasteiger partial charge in [0.1, 0.15) is 0 Å². The van der Waals surface area contributed by atoms with Gasteiger partial charge in [-0.1, -0.05) is 116 Å². The molecule has 4 heteroatoms. The molecule has 0 saturated heterocycles. The third kappa shape index (κ3) is 5.03. The summed E-state index contributed by atoms with van der Waals surface area (Å²) in [6, 6.07) is 50.0. The van der Waals surface area contributed by atoms with Gasteiger partial charge in [0, 0.05) is 50.2 Å². The van der Waals surface area contributed by atoms with Crippen molar-refractivity contribution in [1.82, 2.24) is 4.57 Å². The first-order valence-electron chi connectivity index (χ1n) is 14.8. The molecule has 0 unspecified atom stereocenters. The van der Waals surface area contributed by atoms with Crippen molar-refractivity contribution in [1.29, 1.82) is 0 Å². The van der Waals surface area contributed by atoms with Gasteiger partial charge < -0.3 is 15.6 Å². The molecule has 44 heavy (non-hydrogen) atoms. The van der Waals surface area contributed by atoms with Crippen molar-refractivity contribution in [3.8, 4) is 5.69 Å². The molecule has 0 aliphatic carbocycles. The number of benzene rings is 6. The van der Waals surface area contributed by atoms with Crippen molar-refractivity contribution < 1.29 is 0 Å². The summed E-state index contributed by atoms with van der Waals surface area (Å²) in [5.41, 5.74) is 17.5. The summed E-state index contributed by atoms with van der Waals surface area (Å²) >= 11 is 0. The second kappa shape index (κ2) is 11.8. The van der Waals surface area contributed by atoms with E-state index in [0.717, 1.165) is 56.1 Å². The van der Waals surface area contributed by atoms with Crippen LogP contribution in [0.1, 0.15) is 22.3 Å². The molecule has 7 rings (SSSR count). The minimum Gasteiger partial charge on any atom is -0.398 e. The van der Waals surface area contributed by atoms with Crippen LogP contribution >= 0.6 is 0 Å². The minimum absolute atomic E-state index is 0.513. The van der Waals surface area contributed by atoms with E-state index in [1.54, 1.807) is 0 Å². The summed E-state index contributed by atoms with van der Waals surface area (Å²) in [5, 5.41) is 5.99. The molecule has 1 aromatic heterocycles. The van der Waals surface area contributed by atoms with Crippen LogP contribution in [0.2, 0.25) is 0 Å². The van der Waals surface area contributed by atoms with E-state index in [-0.39, 0.29) is 0 Å². The van der Waals surface area contributed by atoms with Crippen LogP contribution in [0, 0.1) is 0 Å². The third-order valence-electron chi connectivity index (χ3n) is 7.98. The fraction of sp³-hybridized carbons (Fsp3) is 0.0250. The number of nitrogens with two attached hydrogens (primary N) is 1. The van der Waals surface area contributed by atoms with Crippen molar-refractivity contribution in [3.63, 3.8) is 0 Å². The first-order chi connectivity index (χ1) is 21.7. The zero-order valence-electron chi connectivity index (χ0n) is 24.3. The molecule has 3 N–H and O–H groups in total. The Balaban J connectivity index is 1.36. The van der Waals surface area contributed by atoms with Gasteiger partial charge in [0.2, 0.25) is 0 Å². The first-order valence-corrected chi connectivity index (χ1v) is 14.8. The van der Waals surface area contributed by atoms with Crippen LogP contribution in [-0.4, -0.2) is 10.3 Å². The Morgan fingerprint density at radius 2 is 1.45 bits per heavy atom. The third-order valence-corrected chi connectivity index (χ3v) is 7.98. The summed E-state index contributed by atoms with van der Waals surface area (Å²) in [5.74, 6) is 0. The fourth-order valence-corrected chi connectivity index (χ4v) is 5.95. The highest BCUT2D eigenvalue weighted by atomic mass is 15.0. The number of hydrogen-bond acceptors (Lipinski definition) is 3. The second-order valence-electron chi connectivity index (χ2n) is 10.8. The van der Waals surface area contributed by atoms with Crippen molar-refractivity contribution in [3.05, 3.63) is 174 Å². The normalized spacial score (nSPS) is 11.6. The topological polar surface area (TPSA) is 55.3 Å². The van der Waals surface area contributed by atoms with E-state index in [9.17, 15) is 0 Å². The Bertz CT molecular complexity index is 2140. The summed E-state index contributed by atoms with van der Waals surface area (Å²) in [4.78, 5) is 5.14. The van der Waals surface area contributed by atoms with Gasteiger partial charge in [-0.25, -0.2) is 0 Å². The second-order valence-corrected chi connectivity index (χ2v) is 10.8. The Morgan fingerprint density at radius 3 is 2.25 bits per heavy atom. The molecule has 1 heterocycles. The molecular weight excluding hydrogens is 536 g/mol. The van der Waals surface area contributed by atoms with Crippen molar-refractivity contribution in [2.45, 2.75) is 6.54 Å².